The average molecular weight is 214 g/mol. The third kappa shape index (κ3) is 2.04. The lowest BCUT2D eigenvalue weighted by molar-refractivity contribution is 0.443. The highest BCUT2D eigenvalue weighted by Gasteiger charge is 2.18. The third-order valence-corrected chi connectivity index (χ3v) is 2.44. The SMILES string of the molecule is CNc1nc(Cl)nc(NC2CCC2)n1. The lowest BCUT2D eigenvalue weighted by Crippen LogP contribution is -2.28. The Morgan fingerprint density at radius 3 is 2.50 bits per heavy atom. The Bertz CT molecular complexity index is 326. The number of aromatic nitrogens is 3. The highest BCUT2D eigenvalue weighted by atomic mass is 35.5. The molecule has 0 aromatic carbocycles. The van der Waals surface area contributed by atoms with Gasteiger partial charge in [-0.05, 0) is 30.9 Å². The molecule has 1 aliphatic carbocycles. The quantitative estimate of drug-likeness (QED) is 0.798. The fraction of sp³-hybridized carbons (Fsp3) is 0.625. The van der Waals surface area contributed by atoms with E-state index < -0.39 is 0 Å². The monoisotopic (exact) mass is 213 g/mol. The molecule has 1 heterocycles. The molecular formula is C8H12ClN5. The molecule has 5 nitrogen and oxygen atoms in total. The van der Waals surface area contributed by atoms with Gasteiger partial charge in [0.25, 0.3) is 0 Å². The van der Waals surface area contributed by atoms with E-state index in [0.29, 0.717) is 17.9 Å². The highest BCUT2D eigenvalue weighted by Crippen LogP contribution is 2.22. The molecule has 0 unspecified atom stereocenters. The highest BCUT2D eigenvalue weighted by molar-refractivity contribution is 6.28. The van der Waals surface area contributed by atoms with Crippen LogP contribution in [0.1, 0.15) is 19.3 Å². The molecule has 1 aliphatic rings. The predicted octanol–water partition coefficient (Wildman–Crippen LogP) is 1.53. The van der Waals surface area contributed by atoms with Crippen molar-refractivity contribution in [3.8, 4) is 0 Å². The molecule has 0 saturated heterocycles. The number of nitrogens with zero attached hydrogens (tertiary/aromatic N) is 3. The summed E-state index contributed by atoms with van der Waals surface area (Å²) in [5.74, 6) is 1.05. The molecule has 76 valence electrons. The van der Waals surface area contributed by atoms with Crippen molar-refractivity contribution in [2.24, 2.45) is 0 Å². The summed E-state index contributed by atoms with van der Waals surface area (Å²) in [5.41, 5.74) is 0. The van der Waals surface area contributed by atoms with E-state index in [9.17, 15) is 0 Å². The number of halogens is 1. The maximum Gasteiger partial charge on any atom is 0.229 e. The molecule has 1 fully saturated rings. The minimum absolute atomic E-state index is 0.214. The van der Waals surface area contributed by atoms with Gasteiger partial charge in [-0.2, -0.15) is 15.0 Å². The third-order valence-electron chi connectivity index (χ3n) is 2.27. The second-order valence-electron chi connectivity index (χ2n) is 3.27. The summed E-state index contributed by atoms with van der Waals surface area (Å²) in [6.07, 6.45) is 3.63. The fourth-order valence-electron chi connectivity index (χ4n) is 1.26. The van der Waals surface area contributed by atoms with Crippen molar-refractivity contribution in [1.82, 2.24) is 15.0 Å². The Balaban J connectivity index is 2.11. The van der Waals surface area contributed by atoms with Gasteiger partial charge in [0.05, 0.1) is 0 Å². The van der Waals surface area contributed by atoms with Crippen molar-refractivity contribution in [3.05, 3.63) is 5.28 Å². The lowest BCUT2D eigenvalue weighted by atomic mass is 9.93. The Morgan fingerprint density at radius 2 is 1.93 bits per heavy atom. The van der Waals surface area contributed by atoms with Crippen molar-refractivity contribution in [2.45, 2.75) is 25.3 Å². The molecule has 1 aromatic rings. The number of nitrogens with one attached hydrogen (secondary N) is 2. The van der Waals surface area contributed by atoms with Crippen molar-refractivity contribution in [1.29, 1.82) is 0 Å². The van der Waals surface area contributed by atoms with Crippen LogP contribution in [0.2, 0.25) is 5.28 Å². The first-order valence-electron chi connectivity index (χ1n) is 4.64. The number of hydrogen-bond acceptors (Lipinski definition) is 5. The van der Waals surface area contributed by atoms with E-state index in [1.165, 1.54) is 19.3 Å². The second kappa shape index (κ2) is 3.96. The van der Waals surface area contributed by atoms with Gasteiger partial charge in [-0.3, -0.25) is 0 Å². The largest absolute Gasteiger partial charge is 0.357 e. The Morgan fingerprint density at radius 1 is 1.21 bits per heavy atom. The topological polar surface area (TPSA) is 62.7 Å². The minimum atomic E-state index is 0.214. The van der Waals surface area contributed by atoms with Crippen LogP contribution in [0, 0.1) is 0 Å². The minimum Gasteiger partial charge on any atom is -0.357 e. The van der Waals surface area contributed by atoms with Gasteiger partial charge < -0.3 is 10.6 Å². The van der Waals surface area contributed by atoms with Gasteiger partial charge in [0.15, 0.2) is 0 Å². The van der Waals surface area contributed by atoms with Crippen LogP contribution in [0.4, 0.5) is 11.9 Å². The first-order valence-corrected chi connectivity index (χ1v) is 5.01. The van der Waals surface area contributed by atoms with Crippen LogP contribution in [0.3, 0.4) is 0 Å². The molecule has 0 atom stereocenters. The lowest BCUT2D eigenvalue weighted by Gasteiger charge is -2.26. The number of hydrogen-bond donors (Lipinski definition) is 2. The van der Waals surface area contributed by atoms with Gasteiger partial charge in [0.2, 0.25) is 17.2 Å². The van der Waals surface area contributed by atoms with Crippen molar-refractivity contribution in [3.63, 3.8) is 0 Å². The van der Waals surface area contributed by atoms with E-state index in [1.54, 1.807) is 7.05 Å². The van der Waals surface area contributed by atoms with Gasteiger partial charge in [0.1, 0.15) is 0 Å². The Hall–Kier alpha value is -1.10. The number of anilines is 2. The maximum atomic E-state index is 5.73. The summed E-state index contributed by atoms with van der Waals surface area (Å²) in [7, 11) is 1.75. The molecule has 14 heavy (non-hydrogen) atoms. The summed E-state index contributed by atoms with van der Waals surface area (Å²) in [6, 6.07) is 0.498. The van der Waals surface area contributed by atoms with Crippen molar-refractivity contribution in [2.75, 3.05) is 17.7 Å². The molecule has 2 rings (SSSR count). The van der Waals surface area contributed by atoms with Crippen LogP contribution in [0.15, 0.2) is 0 Å². The van der Waals surface area contributed by atoms with Crippen LogP contribution in [-0.4, -0.2) is 28.0 Å². The van der Waals surface area contributed by atoms with Crippen LogP contribution >= 0.6 is 11.6 Å². The van der Waals surface area contributed by atoms with Crippen LogP contribution in [0.25, 0.3) is 0 Å². The van der Waals surface area contributed by atoms with Crippen molar-refractivity contribution >= 4 is 23.5 Å². The first kappa shape index (κ1) is 9.45. The molecule has 1 aromatic heterocycles. The molecule has 2 N–H and O–H groups in total. The van der Waals surface area contributed by atoms with Gasteiger partial charge in [-0.25, -0.2) is 0 Å². The van der Waals surface area contributed by atoms with Crippen LogP contribution < -0.4 is 10.6 Å². The Kier molecular flexibility index (Phi) is 2.67. The Labute approximate surface area is 87.3 Å². The van der Waals surface area contributed by atoms with Crippen LogP contribution in [-0.2, 0) is 0 Å². The molecule has 0 spiro atoms. The summed E-state index contributed by atoms with van der Waals surface area (Å²) >= 11 is 5.73. The maximum absolute atomic E-state index is 5.73. The van der Waals surface area contributed by atoms with Gasteiger partial charge >= 0.3 is 0 Å². The first-order chi connectivity index (χ1) is 6.78. The van der Waals surface area contributed by atoms with E-state index >= 15 is 0 Å². The summed E-state index contributed by atoms with van der Waals surface area (Å²) in [4.78, 5) is 12.0. The van der Waals surface area contributed by atoms with E-state index in [0.717, 1.165) is 0 Å². The molecule has 0 radical (unpaired) electrons. The molecule has 0 aliphatic heterocycles. The molecule has 0 bridgehead atoms. The van der Waals surface area contributed by atoms with Gasteiger partial charge in [-0.1, -0.05) is 0 Å². The standard InChI is InChI=1S/C8H12ClN5/c1-10-7-12-6(9)13-8(14-7)11-5-3-2-4-5/h5H,2-4H2,1H3,(H2,10,11,12,13,14). The summed E-state index contributed by atoms with van der Waals surface area (Å²) in [5, 5.41) is 6.25. The predicted molar refractivity (Wildman–Crippen MR) is 55.6 cm³/mol. The molecule has 0 amide bonds. The zero-order valence-corrected chi connectivity index (χ0v) is 8.67. The van der Waals surface area contributed by atoms with Gasteiger partial charge in [0, 0.05) is 13.1 Å². The fourth-order valence-corrected chi connectivity index (χ4v) is 1.42. The zero-order valence-electron chi connectivity index (χ0n) is 7.92. The summed E-state index contributed by atoms with van der Waals surface area (Å²) < 4.78 is 0. The molecule has 1 saturated carbocycles. The molecular weight excluding hydrogens is 202 g/mol. The van der Waals surface area contributed by atoms with E-state index in [2.05, 4.69) is 25.6 Å². The number of rotatable bonds is 3. The average Bonchev–Trinajstić information content (AvgIpc) is 2.10. The normalized spacial score (nSPS) is 16.1. The van der Waals surface area contributed by atoms with Gasteiger partial charge in [-0.15, -0.1) is 0 Å². The van der Waals surface area contributed by atoms with E-state index in [-0.39, 0.29) is 5.28 Å². The van der Waals surface area contributed by atoms with E-state index in [1.807, 2.05) is 0 Å². The van der Waals surface area contributed by atoms with E-state index in [4.69, 9.17) is 11.6 Å². The smallest absolute Gasteiger partial charge is 0.229 e. The molecule has 6 heteroatoms. The van der Waals surface area contributed by atoms with Crippen LogP contribution in [0.5, 0.6) is 0 Å². The second-order valence-corrected chi connectivity index (χ2v) is 3.61. The summed E-state index contributed by atoms with van der Waals surface area (Å²) in [6.45, 7) is 0. The van der Waals surface area contributed by atoms with Crippen molar-refractivity contribution < 1.29 is 0 Å². The zero-order chi connectivity index (χ0) is 9.97.